The maximum atomic E-state index is 6.92. The molecule has 26 rings (SSSR count). The molecule has 2 aliphatic carbocycles. The van der Waals surface area contributed by atoms with Gasteiger partial charge in [0, 0.05) is 98.2 Å². The van der Waals surface area contributed by atoms with E-state index in [1.165, 1.54) is 120 Å². The van der Waals surface area contributed by atoms with Gasteiger partial charge in [0.2, 0.25) is 0 Å². The van der Waals surface area contributed by atoms with Crippen LogP contribution in [0, 0.1) is 6.92 Å². The van der Waals surface area contributed by atoms with Crippen LogP contribution in [-0.4, -0.2) is 0 Å². The first-order valence-electron chi connectivity index (χ1n) is 49.8. The van der Waals surface area contributed by atoms with Gasteiger partial charge in [0.15, 0.2) is 22.3 Å². The molecule has 138 heavy (non-hydrogen) atoms. The minimum atomic E-state index is -0.0655. The third-order valence-electron chi connectivity index (χ3n) is 31.2. The molecule has 4 heterocycles. The number of furan rings is 4. The highest BCUT2D eigenvalue weighted by molar-refractivity contribution is 6.33. The molecule has 0 radical (unpaired) electrons. The van der Waals surface area contributed by atoms with Crippen LogP contribution in [0.5, 0.6) is 0 Å². The Morgan fingerprint density at radius 3 is 0.812 bits per heavy atom. The molecule has 0 fully saturated rings. The molecule has 0 spiro atoms. The zero-order valence-corrected chi connectivity index (χ0v) is 81.3. The fraction of sp³-hybridized carbons (Fsp3) is 0.200. The molecular formula is C130H112N4O4. The van der Waals surface area contributed by atoms with Crippen molar-refractivity contribution in [1.82, 2.24) is 0 Å². The normalized spacial score (nSPS) is 13.8. The highest BCUT2D eigenvalue weighted by Gasteiger charge is 2.39. The van der Waals surface area contributed by atoms with E-state index in [0.717, 1.165) is 182 Å². The maximum absolute atomic E-state index is 6.92. The van der Waals surface area contributed by atoms with Crippen molar-refractivity contribution >= 4 is 221 Å². The maximum Gasteiger partial charge on any atom is 0.159 e. The summed E-state index contributed by atoms with van der Waals surface area (Å²) in [6, 6.07) is 122. The van der Waals surface area contributed by atoms with Crippen molar-refractivity contribution in [2.75, 3.05) is 19.6 Å². The number of benzene rings is 20. The topological polar surface area (TPSA) is 65.5 Å². The van der Waals surface area contributed by atoms with Crippen molar-refractivity contribution in [2.45, 2.75) is 170 Å². The number of para-hydroxylation sites is 8. The SMILES string of the molecule is CC(C)c1ccc(N(c2cc(C(C)C)c3ccc4c(N(c5ccc(C(C)C)cc5)c5cccc6c5oc5ccccc56)cc5c6c(cc2c3c46)C(C)(C)CC5)c2cccc3c2oc2ccccc23)cc1.Cc1cc(N(c2ccc(C(C)C)cc2)c2cccc3c2oc2ccccc23)c2cc3c4c(cc(N(c5ccc(C(C)C)cc5)c5cccc6c5oc5ccccc56)c5ccc1c2c54)CCC3(C)C. The van der Waals surface area contributed by atoms with E-state index in [0.29, 0.717) is 23.7 Å². The Morgan fingerprint density at radius 2 is 0.500 bits per heavy atom. The molecular weight excluding hydrogens is 1680 g/mol. The van der Waals surface area contributed by atoms with E-state index in [1.54, 1.807) is 0 Å². The fourth-order valence-electron chi connectivity index (χ4n) is 23.6. The van der Waals surface area contributed by atoms with Gasteiger partial charge in [-0.1, -0.05) is 291 Å². The van der Waals surface area contributed by atoms with Crippen molar-refractivity contribution in [3.8, 4) is 0 Å². The molecule has 2 aliphatic rings. The zero-order valence-electron chi connectivity index (χ0n) is 81.3. The van der Waals surface area contributed by atoms with Gasteiger partial charge in [-0.05, 0) is 294 Å². The van der Waals surface area contributed by atoms with Crippen LogP contribution in [0.4, 0.5) is 68.2 Å². The van der Waals surface area contributed by atoms with Gasteiger partial charge in [-0.2, -0.15) is 0 Å². The van der Waals surface area contributed by atoms with Crippen LogP contribution in [0.1, 0.15) is 195 Å². The lowest BCUT2D eigenvalue weighted by Crippen LogP contribution is -2.24. The Balaban J connectivity index is 0.000000146. The van der Waals surface area contributed by atoms with Crippen molar-refractivity contribution < 1.29 is 17.7 Å². The van der Waals surface area contributed by atoms with Crippen molar-refractivity contribution in [3.63, 3.8) is 0 Å². The van der Waals surface area contributed by atoms with E-state index in [9.17, 15) is 0 Å². The molecule has 0 saturated heterocycles. The van der Waals surface area contributed by atoms with Crippen LogP contribution in [0.3, 0.4) is 0 Å². The lowest BCUT2D eigenvalue weighted by Gasteiger charge is -2.37. The number of aryl methyl sites for hydroxylation is 3. The number of anilines is 12. The third-order valence-corrected chi connectivity index (χ3v) is 31.2. The van der Waals surface area contributed by atoms with Crippen LogP contribution >= 0.6 is 0 Å². The number of fused-ring (bicyclic) bond motifs is 12. The Labute approximate surface area is 805 Å². The molecule has 0 aliphatic heterocycles. The summed E-state index contributed by atoms with van der Waals surface area (Å²) in [7, 11) is 0. The first kappa shape index (κ1) is 84.6. The standard InChI is InChI=1S/C66H58N2O2.C64H54N2O2/c1-38(2)41-23-27-44(28-24-41)67(55-19-13-17-49-46-15-9-11-21-59(46)69-64(49)55)57-35-43-33-34-66(7,8)54-36-53-58(37-52(40(5)6)48-31-32-51(57)63(61(43)54)62(48)53)68(45-29-25-42(26-30-45)39(3)4)56-20-14-18-50-47-16-10-12-22-60(47)70-65(50)56;1-37(2)40-22-26-43(27-23-40)65(53-18-12-16-48-46-14-8-10-20-57(46)67-62(48)53)55-34-39(5)45-30-31-50-56(35-42-32-33-64(6,7)52-36-51(55)60(45)61(50)59(42)52)66(44-28-24-41(25-29-44)38(3)4)54-19-13-17-49-47-15-9-11-21-58(47)68-63(49)54/h9-32,35-40H,33-34H2,1-8H3;8-31,34-38H,32-33H2,1-7H3. The van der Waals surface area contributed by atoms with E-state index in [1.807, 2.05) is 0 Å². The number of nitrogens with zero attached hydrogens (tertiary/aromatic N) is 4. The first-order chi connectivity index (χ1) is 67.0. The smallest absolute Gasteiger partial charge is 0.159 e. The van der Waals surface area contributed by atoms with Gasteiger partial charge in [-0.25, -0.2) is 0 Å². The molecule has 8 nitrogen and oxygen atoms in total. The Morgan fingerprint density at radius 1 is 0.225 bits per heavy atom. The summed E-state index contributed by atoms with van der Waals surface area (Å²) in [5.41, 5.74) is 33.6. The van der Waals surface area contributed by atoms with Gasteiger partial charge < -0.3 is 37.3 Å². The first-order valence-corrected chi connectivity index (χ1v) is 49.8. The quantitative estimate of drug-likeness (QED) is 0.0836. The number of hydrogen-bond acceptors (Lipinski definition) is 8. The molecule has 0 saturated carbocycles. The Kier molecular flexibility index (Phi) is 19.6. The lowest BCUT2D eigenvalue weighted by molar-refractivity contribution is 0.475. The monoisotopic (exact) mass is 1790 g/mol. The van der Waals surface area contributed by atoms with Crippen molar-refractivity contribution in [3.05, 3.63) is 383 Å². The second kappa shape index (κ2) is 32.0. The largest absolute Gasteiger partial charge is 0.454 e. The highest BCUT2D eigenvalue weighted by Crippen LogP contribution is 2.60. The van der Waals surface area contributed by atoms with Gasteiger partial charge in [0.05, 0.1) is 45.5 Å². The van der Waals surface area contributed by atoms with E-state index in [2.05, 4.69) is 451 Å². The summed E-state index contributed by atoms with van der Waals surface area (Å²) in [6.45, 7) is 34.9. The van der Waals surface area contributed by atoms with Gasteiger partial charge in [-0.3, -0.25) is 0 Å². The number of hydrogen-bond donors (Lipinski definition) is 0. The van der Waals surface area contributed by atoms with Crippen molar-refractivity contribution in [1.29, 1.82) is 0 Å². The fourth-order valence-corrected chi connectivity index (χ4v) is 23.6. The molecule has 676 valence electrons. The van der Waals surface area contributed by atoms with E-state index in [-0.39, 0.29) is 16.7 Å². The predicted octanol–water partition coefficient (Wildman–Crippen LogP) is 39.0. The summed E-state index contributed by atoms with van der Waals surface area (Å²) in [6.07, 6.45) is 4.07. The van der Waals surface area contributed by atoms with Gasteiger partial charge in [0.25, 0.3) is 0 Å². The van der Waals surface area contributed by atoms with Crippen LogP contribution in [0.15, 0.2) is 345 Å². The summed E-state index contributed by atoms with van der Waals surface area (Å²) >= 11 is 0. The summed E-state index contributed by atoms with van der Waals surface area (Å²) < 4.78 is 27.5. The van der Waals surface area contributed by atoms with Crippen LogP contribution in [0.2, 0.25) is 0 Å². The van der Waals surface area contributed by atoms with Crippen LogP contribution in [0.25, 0.3) is 152 Å². The molecule has 24 aromatic rings. The highest BCUT2D eigenvalue weighted by atomic mass is 16.3. The minimum Gasteiger partial charge on any atom is -0.454 e. The second-order valence-electron chi connectivity index (χ2n) is 42.1. The van der Waals surface area contributed by atoms with Crippen LogP contribution in [-0.2, 0) is 23.7 Å². The summed E-state index contributed by atoms with van der Waals surface area (Å²) in [4.78, 5) is 9.95. The molecule has 0 atom stereocenters. The lowest BCUT2D eigenvalue weighted by atomic mass is 9.70. The molecule has 0 unspecified atom stereocenters. The Bertz CT molecular complexity index is 9020. The van der Waals surface area contributed by atoms with Gasteiger partial charge in [-0.15, -0.1) is 0 Å². The van der Waals surface area contributed by atoms with Gasteiger partial charge in [0.1, 0.15) is 22.3 Å². The molecule has 0 amide bonds. The molecule has 0 N–H and O–H groups in total. The molecule has 20 aromatic carbocycles. The Hall–Kier alpha value is -15.1. The molecule has 0 bridgehead atoms. The molecule has 4 aromatic heterocycles. The van der Waals surface area contributed by atoms with Gasteiger partial charge >= 0.3 is 0 Å². The average molecular weight is 1790 g/mol. The summed E-state index contributed by atoms with van der Waals surface area (Å²) in [5, 5.41) is 24.6. The zero-order chi connectivity index (χ0) is 93.9. The predicted molar refractivity (Wildman–Crippen MR) is 586 cm³/mol. The third kappa shape index (κ3) is 13.2. The van der Waals surface area contributed by atoms with E-state index in [4.69, 9.17) is 17.7 Å². The van der Waals surface area contributed by atoms with E-state index >= 15 is 0 Å². The summed E-state index contributed by atoms with van der Waals surface area (Å²) in [5.74, 6) is 1.91. The molecule has 8 heteroatoms. The average Bonchev–Trinajstić information content (AvgIpc) is 0.762. The number of rotatable bonds is 17. The van der Waals surface area contributed by atoms with Crippen molar-refractivity contribution in [2.24, 2.45) is 0 Å². The van der Waals surface area contributed by atoms with E-state index < -0.39 is 0 Å². The second-order valence-corrected chi connectivity index (χ2v) is 42.1. The van der Waals surface area contributed by atoms with Crippen LogP contribution < -0.4 is 19.6 Å². The minimum absolute atomic E-state index is 0.0574.